The van der Waals surface area contributed by atoms with E-state index in [1.54, 1.807) is 0 Å². The second-order valence-corrected chi connectivity index (χ2v) is 9.43. The van der Waals surface area contributed by atoms with E-state index in [1.807, 2.05) is 19.1 Å². The molecule has 0 unspecified atom stereocenters. The SMILES string of the molecule is CC1=C(/C=C/C(C)=C/C=C\C(C)=C\C=C(/N)NCCCC[C@H](N)C(=O)O)C(C)(C)CCC1. The Morgan fingerprint density at radius 1 is 1.16 bits per heavy atom. The molecule has 0 aromatic rings. The highest BCUT2D eigenvalue weighted by Gasteiger charge is 2.26. The van der Waals surface area contributed by atoms with Crippen molar-refractivity contribution in [2.24, 2.45) is 16.9 Å². The van der Waals surface area contributed by atoms with E-state index in [4.69, 9.17) is 16.6 Å². The summed E-state index contributed by atoms with van der Waals surface area (Å²) in [6, 6.07) is -0.784. The van der Waals surface area contributed by atoms with Crippen LogP contribution in [0.25, 0.3) is 0 Å². The summed E-state index contributed by atoms with van der Waals surface area (Å²) in [4.78, 5) is 10.7. The number of allylic oxidation sites excluding steroid dienone is 11. The molecule has 32 heavy (non-hydrogen) atoms. The van der Waals surface area contributed by atoms with Gasteiger partial charge in [0.2, 0.25) is 0 Å². The summed E-state index contributed by atoms with van der Waals surface area (Å²) in [5.74, 6) is -0.360. The Kier molecular flexibility index (Phi) is 11.9. The predicted octanol–water partition coefficient (Wildman–Crippen LogP) is 5.49. The number of hydrogen-bond acceptors (Lipinski definition) is 4. The smallest absolute Gasteiger partial charge is 0.320 e. The van der Waals surface area contributed by atoms with E-state index in [1.165, 1.54) is 36.0 Å². The third-order valence-electron chi connectivity index (χ3n) is 5.89. The predicted molar refractivity (Wildman–Crippen MR) is 136 cm³/mol. The number of nitrogens with one attached hydrogen (secondary N) is 1. The summed E-state index contributed by atoms with van der Waals surface area (Å²) in [6.45, 7) is 11.8. The van der Waals surface area contributed by atoms with Gasteiger partial charge in [0.25, 0.3) is 0 Å². The van der Waals surface area contributed by atoms with Crippen LogP contribution in [0.3, 0.4) is 0 Å². The van der Waals surface area contributed by atoms with E-state index < -0.39 is 12.0 Å². The number of aliphatic carboxylic acids is 1. The van der Waals surface area contributed by atoms with Gasteiger partial charge >= 0.3 is 5.97 Å². The summed E-state index contributed by atoms with van der Waals surface area (Å²) in [5.41, 5.74) is 17.0. The van der Waals surface area contributed by atoms with E-state index >= 15 is 0 Å². The molecule has 1 rings (SSSR count). The summed E-state index contributed by atoms with van der Waals surface area (Å²) in [6.07, 6.45) is 20.3. The third-order valence-corrected chi connectivity index (χ3v) is 5.89. The van der Waals surface area contributed by atoms with Crippen molar-refractivity contribution in [1.82, 2.24) is 5.32 Å². The molecule has 0 fully saturated rings. The molecule has 0 radical (unpaired) electrons. The van der Waals surface area contributed by atoms with Gasteiger partial charge in [-0.05, 0) is 76.4 Å². The average molecular weight is 442 g/mol. The van der Waals surface area contributed by atoms with Gasteiger partial charge in [-0.2, -0.15) is 0 Å². The van der Waals surface area contributed by atoms with Crippen LogP contribution in [-0.4, -0.2) is 23.7 Å². The van der Waals surface area contributed by atoms with Gasteiger partial charge in [-0.15, -0.1) is 0 Å². The average Bonchev–Trinajstić information content (AvgIpc) is 2.70. The van der Waals surface area contributed by atoms with E-state index in [0.29, 0.717) is 18.8 Å². The number of unbranched alkanes of at least 4 members (excludes halogenated alkanes) is 1. The topological polar surface area (TPSA) is 101 Å². The molecular formula is C27H43N3O2. The molecule has 0 saturated heterocycles. The highest BCUT2D eigenvalue weighted by Crippen LogP contribution is 2.40. The van der Waals surface area contributed by atoms with Crippen LogP contribution < -0.4 is 16.8 Å². The highest BCUT2D eigenvalue weighted by molar-refractivity contribution is 5.72. The van der Waals surface area contributed by atoms with Crippen LogP contribution in [0.4, 0.5) is 0 Å². The lowest BCUT2D eigenvalue weighted by atomic mass is 9.72. The Morgan fingerprint density at radius 2 is 1.84 bits per heavy atom. The zero-order chi connectivity index (χ0) is 24.1. The van der Waals surface area contributed by atoms with Crippen molar-refractivity contribution in [2.75, 3.05) is 6.54 Å². The first-order valence-corrected chi connectivity index (χ1v) is 11.6. The normalized spacial score (nSPS) is 19.1. The number of nitrogens with two attached hydrogens (primary N) is 2. The Morgan fingerprint density at radius 3 is 2.50 bits per heavy atom. The number of hydrogen-bond donors (Lipinski definition) is 4. The molecule has 5 nitrogen and oxygen atoms in total. The van der Waals surface area contributed by atoms with Crippen molar-refractivity contribution >= 4 is 5.97 Å². The summed E-state index contributed by atoms with van der Waals surface area (Å²) < 4.78 is 0. The minimum atomic E-state index is -0.951. The Balaban J connectivity index is 2.49. The molecule has 0 bridgehead atoms. The molecule has 178 valence electrons. The molecule has 0 saturated carbocycles. The summed E-state index contributed by atoms with van der Waals surface area (Å²) in [7, 11) is 0. The minimum absolute atomic E-state index is 0.264. The zero-order valence-corrected chi connectivity index (χ0v) is 20.6. The second-order valence-electron chi connectivity index (χ2n) is 9.43. The first-order valence-electron chi connectivity index (χ1n) is 11.6. The highest BCUT2D eigenvalue weighted by atomic mass is 16.4. The van der Waals surface area contributed by atoms with Crippen LogP contribution in [0.5, 0.6) is 0 Å². The quantitative estimate of drug-likeness (QED) is 0.237. The van der Waals surface area contributed by atoms with Gasteiger partial charge in [-0.3, -0.25) is 4.79 Å². The largest absolute Gasteiger partial charge is 0.480 e. The lowest BCUT2D eigenvalue weighted by Crippen LogP contribution is -2.30. The molecule has 5 heteroatoms. The maximum absolute atomic E-state index is 10.7. The van der Waals surface area contributed by atoms with E-state index in [-0.39, 0.29) is 5.41 Å². The second kappa shape index (κ2) is 13.8. The molecule has 1 atom stereocenters. The molecular weight excluding hydrogens is 398 g/mol. The lowest BCUT2D eigenvalue weighted by molar-refractivity contribution is -0.138. The van der Waals surface area contributed by atoms with Crippen molar-refractivity contribution in [1.29, 1.82) is 0 Å². The van der Waals surface area contributed by atoms with Crippen molar-refractivity contribution in [3.05, 3.63) is 70.6 Å². The zero-order valence-electron chi connectivity index (χ0n) is 20.6. The molecule has 0 amide bonds. The Bertz CT molecular complexity index is 811. The number of carboxylic acids is 1. The van der Waals surface area contributed by atoms with Gasteiger partial charge in [0.15, 0.2) is 0 Å². The molecule has 1 aliphatic carbocycles. The van der Waals surface area contributed by atoms with Gasteiger partial charge < -0.3 is 21.9 Å². The van der Waals surface area contributed by atoms with Crippen molar-refractivity contribution in [3.8, 4) is 0 Å². The van der Waals surface area contributed by atoms with Crippen LogP contribution in [0.15, 0.2) is 70.6 Å². The van der Waals surface area contributed by atoms with Gasteiger partial charge in [-0.1, -0.05) is 67.0 Å². The standard InChI is InChI=1S/C27H43N3O2/c1-20(14-16-23-22(3)12-9-18-27(23,4)5)10-8-11-21(2)15-17-25(29)30-19-7-6-13-24(28)26(31)32/h8,10-11,14-17,24,30H,6-7,9,12-13,18-19,28-29H2,1-5H3,(H,31,32)/b11-8-,16-14+,20-10+,21-15+,25-17+/t24-/m0/s1. The molecule has 0 spiro atoms. The van der Waals surface area contributed by atoms with Crippen molar-refractivity contribution in [2.45, 2.75) is 79.2 Å². The van der Waals surface area contributed by atoms with E-state index in [9.17, 15) is 4.79 Å². The Hall–Kier alpha value is -2.53. The number of rotatable bonds is 12. The van der Waals surface area contributed by atoms with Crippen molar-refractivity contribution in [3.63, 3.8) is 0 Å². The fourth-order valence-corrected chi connectivity index (χ4v) is 3.81. The summed E-state index contributed by atoms with van der Waals surface area (Å²) in [5, 5.41) is 11.9. The molecule has 0 aromatic carbocycles. The number of carboxylic acid groups (broad SMARTS) is 1. The van der Waals surface area contributed by atoms with Crippen molar-refractivity contribution < 1.29 is 9.90 Å². The molecule has 1 aliphatic rings. The van der Waals surface area contributed by atoms with Crippen LogP contribution in [0.1, 0.15) is 73.1 Å². The van der Waals surface area contributed by atoms with Crippen LogP contribution in [0.2, 0.25) is 0 Å². The maximum Gasteiger partial charge on any atom is 0.320 e. The maximum atomic E-state index is 10.7. The molecule has 0 heterocycles. The number of carbonyl (C=O) groups is 1. The first-order chi connectivity index (χ1) is 15.0. The fraction of sp³-hybridized carbons (Fsp3) is 0.519. The summed E-state index contributed by atoms with van der Waals surface area (Å²) >= 11 is 0. The van der Waals surface area contributed by atoms with Gasteiger partial charge in [0, 0.05) is 6.54 Å². The first kappa shape index (κ1) is 27.5. The van der Waals surface area contributed by atoms with Gasteiger partial charge in [0.1, 0.15) is 6.04 Å². The van der Waals surface area contributed by atoms with Gasteiger partial charge in [0.05, 0.1) is 5.82 Å². The van der Waals surface area contributed by atoms with Crippen LogP contribution in [0, 0.1) is 5.41 Å². The van der Waals surface area contributed by atoms with E-state index in [2.05, 4.69) is 63.4 Å². The monoisotopic (exact) mass is 441 g/mol. The third kappa shape index (κ3) is 10.7. The molecule has 6 N–H and O–H groups in total. The fourth-order valence-electron chi connectivity index (χ4n) is 3.81. The van der Waals surface area contributed by atoms with E-state index in [0.717, 1.165) is 18.4 Å². The van der Waals surface area contributed by atoms with Crippen LogP contribution >= 0.6 is 0 Å². The lowest BCUT2D eigenvalue weighted by Gasteiger charge is -2.32. The Labute approximate surface area is 194 Å². The van der Waals surface area contributed by atoms with Gasteiger partial charge in [-0.25, -0.2) is 0 Å². The minimum Gasteiger partial charge on any atom is -0.480 e. The molecule has 0 aromatic heterocycles. The van der Waals surface area contributed by atoms with Crippen LogP contribution in [-0.2, 0) is 4.79 Å². The molecule has 0 aliphatic heterocycles.